The smallest absolute Gasteiger partial charge is 0.228 e. The second kappa shape index (κ2) is 5.19. The Kier molecular flexibility index (Phi) is 3.63. The molecule has 1 N–H and O–H groups in total. The minimum Gasteiger partial charge on any atom is -0.326 e. The van der Waals surface area contributed by atoms with Gasteiger partial charge in [0.2, 0.25) is 5.91 Å². The molecule has 0 aliphatic carbocycles. The fourth-order valence-corrected chi connectivity index (χ4v) is 2.04. The van der Waals surface area contributed by atoms with E-state index in [0.29, 0.717) is 6.42 Å². The molecule has 4 heteroatoms. The second-order valence-corrected chi connectivity index (χ2v) is 4.75. The quantitative estimate of drug-likeness (QED) is 0.873. The fraction of sp³-hybridized carbons (Fsp3) is 0.429. The van der Waals surface area contributed by atoms with Gasteiger partial charge in [-0.2, -0.15) is 5.26 Å². The number of amides is 1. The van der Waals surface area contributed by atoms with E-state index in [4.69, 9.17) is 5.26 Å². The molecule has 1 aromatic carbocycles. The van der Waals surface area contributed by atoms with Crippen molar-refractivity contribution in [2.75, 3.05) is 18.9 Å². The highest BCUT2D eigenvalue weighted by molar-refractivity contribution is 5.99. The lowest BCUT2D eigenvalue weighted by molar-refractivity contribution is -0.115. The Morgan fingerprint density at radius 3 is 3.06 bits per heavy atom. The van der Waals surface area contributed by atoms with Crippen LogP contribution in [0.4, 0.5) is 5.69 Å². The number of anilines is 1. The first-order chi connectivity index (χ1) is 8.60. The molecule has 0 saturated heterocycles. The van der Waals surface area contributed by atoms with Gasteiger partial charge in [-0.05, 0) is 37.6 Å². The molecular formula is C14H17N3O. The number of nitrogens with zero attached hydrogens (tertiary/aromatic N) is 2. The van der Waals surface area contributed by atoms with Crippen LogP contribution in [0.5, 0.6) is 0 Å². The summed E-state index contributed by atoms with van der Waals surface area (Å²) in [5.41, 5.74) is 3.22. The maximum absolute atomic E-state index is 11.3. The van der Waals surface area contributed by atoms with E-state index in [-0.39, 0.29) is 11.9 Å². The van der Waals surface area contributed by atoms with Gasteiger partial charge in [-0.15, -0.1) is 0 Å². The van der Waals surface area contributed by atoms with Crippen molar-refractivity contribution in [1.29, 1.82) is 5.26 Å². The topological polar surface area (TPSA) is 56.1 Å². The molecule has 1 atom stereocenters. The second-order valence-electron chi connectivity index (χ2n) is 4.75. The molecule has 18 heavy (non-hydrogen) atoms. The highest BCUT2D eigenvalue weighted by atomic mass is 16.1. The zero-order valence-corrected chi connectivity index (χ0v) is 10.7. The molecule has 0 fully saturated rings. The summed E-state index contributed by atoms with van der Waals surface area (Å²) in [4.78, 5) is 13.3. The number of carbonyl (C=O) groups is 1. The summed E-state index contributed by atoms with van der Waals surface area (Å²) in [5.74, 6) is 0.0670. The number of nitrogens with one attached hydrogen (secondary N) is 1. The van der Waals surface area contributed by atoms with Crippen LogP contribution in [0.15, 0.2) is 18.2 Å². The molecule has 1 unspecified atom stereocenters. The predicted molar refractivity (Wildman–Crippen MR) is 70.2 cm³/mol. The van der Waals surface area contributed by atoms with Gasteiger partial charge in [-0.1, -0.05) is 12.1 Å². The number of benzene rings is 1. The third-order valence-corrected chi connectivity index (χ3v) is 3.40. The molecule has 4 nitrogen and oxygen atoms in total. The lowest BCUT2D eigenvalue weighted by atomic mass is 10.1. The predicted octanol–water partition coefficient (Wildman–Crippen LogP) is 1.57. The van der Waals surface area contributed by atoms with Gasteiger partial charge in [0.25, 0.3) is 0 Å². The SMILES string of the molecule is CC(C#N)N(C)CCc1ccc2c(c1)CC(=O)N2. The van der Waals surface area contributed by atoms with E-state index in [9.17, 15) is 4.79 Å². The summed E-state index contributed by atoms with van der Waals surface area (Å²) in [5, 5.41) is 11.6. The van der Waals surface area contributed by atoms with Crippen LogP contribution < -0.4 is 5.32 Å². The first kappa shape index (κ1) is 12.6. The number of nitriles is 1. The summed E-state index contributed by atoms with van der Waals surface area (Å²) in [7, 11) is 1.95. The molecule has 1 heterocycles. The van der Waals surface area contributed by atoms with Gasteiger partial charge >= 0.3 is 0 Å². The van der Waals surface area contributed by atoms with Crippen LogP contribution >= 0.6 is 0 Å². The van der Waals surface area contributed by atoms with Gasteiger partial charge in [0, 0.05) is 12.2 Å². The first-order valence-corrected chi connectivity index (χ1v) is 6.11. The summed E-state index contributed by atoms with van der Waals surface area (Å²) in [6, 6.07) is 8.23. The Hall–Kier alpha value is -1.86. The highest BCUT2D eigenvalue weighted by Gasteiger charge is 2.17. The molecule has 0 aromatic heterocycles. The van der Waals surface area contributed by atoms with Gasteiger partial charge in [-0.3, -0.25) is 9.69 Å². The number of rotatable bonds is 4. The zero-order valence-electron chi connectivity index (χ0n) is 10.7. The summed E-state index contributed by atoms with van der Waals surface area (Å²) < 4.78 is 0. The molecule has 0 saturated carbocycles. The van der Waals surface area contributed by atoms with E-state index in [1.165, 1.54) is 5.56 Å². The molecular weight excluding hydrogens is 226 g/mol. The Labute approximate surface area is 107 Å². The van der Waals surface area contributed by atoms with Crippen molar-refractivity contribution >= 4 is 11.6 Å². The van der Waals surface area contributed by atoms with Crippen LogP contribution in [0.3, 0.4) is 0 Å². The molecule has 0 spiro atoms. The zero-order chi connectivity index (χ0) is 13.1. The van der Waals surface area contributed by atoms with E-state index < -0.39 is 0 Å². The van der Waals surface area contributed by atoms with Gasteiger partial charge in [0.15, 0.2) is 0 Å². The Morgan fingerprint density at radius 2 is 2.33 bits per heavy atom. The van der Waals surface area contributed by atoms with Crippen LogP contribution in [-0.4, -0.2) is 30.4 Å². The molecule has 0 bridgehead atoms. The van der Waals surface area contributed by atoms with Crippen molar-refractivity contribution in [3.63, 3.8) is 0 Å². The molecule has 1 amide bonds. The Morgan fingerprint density at radius 1 is 1.56 bits per heavy atom. The van der Waals surface area contributed by atoms with Crippen LogP contribution in [0.2, 0.25) is 0 Å². The molecule has 94 valence electrons. The molecule has 2 rings (SSSR count). The molecule has 1 aliphatic heterocycles. The average Bonchev–Trinajstić information content (AvgIpc) is 2.74. The number of carbonyl (C=O) groups excluding carboxylic acids is 1. The summed E-state index contributed by atoms with van der Waals surface area (Å²) >= 11 is 0. The van der Waals surface area contributed by atoms with E-state index >= 15 is 0 Å². The van der Waals surface area contributed by atoms with Gasteiger partial charge in [0.05, 0.1) is 18.5 Å². The lowest BCUT2D eigenvalue weighted by Crippen LogP contribution is -2.29. The first-order valence-electron chi connectivity index (χ1n) is 6.11. The van der Waals surface area contributed by atoms with Crippen molar-refractivity contribution in [1.82, 2.24) is 4.90 Å². The van der Waals surface area contributed by atoms with Crippen LogP contribution in [-0.2, 0) is 17.6 Å². The summed E-state index contributed by atoms with van der Waals surface area (Å²) in [6.07, 6.45) is 1.37. The van der Waals surface area contributed by atoms with Gasteiger partial charge in [0.1, 0.15) is 0 Å². The highest BCUT2D eigenvalue weighted by Crippen LogP contribution is 2.24. The van der Waals surface area contributed by atoms with Crippen molar-refractivity contribution in [2.45, 2.75) is 25.8 Å². The molecule has 0 radical (unpaired) electrons. The number of fused-ring (bicyclic) bond motifs is 1. The maximum Gasteiger partial charge on any atom is 0.228 e. The van der Waals surface area contributed by atoms with E-state index in [1.807, 2.05) is 31.0 Å². The molecule has 1 aliphatic rings. The number of hydrogen-bond donors (Lipinski definition) is 1. The van der Waals surface area contributed by atoms with Gasteiger partial charge in [-0.25, -0.2) is 0 Å². The standard InChI is InChI=1S/C14H17N3O/c1-10(9-15)17(2)6-5-11-3-4-13-12(7-11)8-14(18)16-13/h3-4,7,10H,5-6,8H2,1-2H3,(H,16,18). The van der Waals surface area contributed by atoms with Crippen LogP contribution in [0.1, 0.15) is 18.1 Å². The van der Waals surface area contributed by atoms with Crippen molar-refractivity contribution in [2.24, 2.45) is 0 Å². The summed E-state index contributed by atoms with van der Waals surface area (Å²) in [6.45, 7) is 2.74. The largest absolute Gasteiger partial charge is 0.326 e. The maximum atomic E-state index is 11.3. The minimum atomic E-state index is -0.0670. The van der Waals surface area contributed by atoms with Crippen LogP contribution in [0.25, 0.3) is 0 Å². The molecule has 1 aromatic rings. The van der Waals surface area contributed by atoms with E-state index in [2.05, 4.69) is 17.5 Å². The van der Waals surface area contributed by atoms with Crippen molar-refractivity contribution < 1.29 is 4.79 Å². The van der Waals surface area contributed by atoms with Gasteiger partial charge < -0.3 is 5.32 Å². The minimum absolute atomic E-state index is 0.0670. The van der Waals surface area contributed by atoms with Crippen molar-refractivity contribution in [3.8, 4) is 6.07 Å². The van der Waals surface area contributed by atoms with E-state index in [1.54, 1.807) is 0 Å². The van der Waals surface area contributed by atoms with Crippen molar-refractivity contribution in [3.05, 3.63) is 29.3 Å². The fourth-order valence-electron chi connectivity index (χ4n) is 2.04. The lowest BCUT2D eigenvalue weighted by Gasteiger charge is -2.18. The monoisotopic (exact) mass is 243 g/mol. The average molecular weight is 243 g/mol. The third kappa shape index (κ3) is 2.69. The third-order valence-electron chi connectivity index (χ3n) is 3.40. The Balaban J connectivity index is 1.98. The number of likely N-dealkylation sites (N-methyl/N-ethyl adjacent to an activating group) is 1. The van der Waals surface area contributed by atoms with Crippen LogP contribution in [0, 0.1) is 11.3 Å². The normalized spacial score (nSPS) is 15.1. The van der Waals surface area contributed by atoms with E-state index in [0.717, 1.165) is 24.2 Å². The Bertz CT molecular complexity index is 504. The number of hydrogen-bond acceptors (Lipinski definition) is 3.